The van der Waals surface area contributed by atoms with Crippen LogP contribution in [0.5, 0.6) is 0 Å². The number of amides is 2. The lowest BCUT2D eigenvalue weighted by Crippen LogP contribution is -2.51. The standard InChI is InChI=1S/C14H14N4O4/c19-11(9-3-1-5-15-7-9)17-13(21)14(22)18-12(20)10-4-2-6-16-8-10/h1-8,13-14,21-22H,(H,17,19)(H,18,20). The summed E-state index contributed by atoms with van der Waals surface area (Å²) in [5, 5.41) is 23.7. The number of rotatable bonds is 5. The zero-order chi connectivity index (χ0) is 15.9. The van der Waals surface area contributed by atoms with Gasteiger partial charge >= 0.3 is 0 Å². The summed E-state index contributed by atoms with van der Waals surface area (Å²) in [6.45, 7) is 0. The first kappa shape index (κ1) is 15.5. The van der Waals surface area contributed by atoms with Gasteiger partial charge in [-0.15, -0.1) is 0 Å². The number of pyridine rings is 2. The molecule has 0 aliphatic heterocycles. The van der Waals surface area contributed by atoms with Gasteiger partial charge in [0.05, 0.1) is 11.1 Å². The molecule has 0 aliphatic carbocycles. The second-order valence-electron chi connectivity index (χ2n) is 4.32. The number of nitrogens with zero attached hydrogens (tertiary/aromatic N) is 2. The summed E-state index contributed by atoms with van der Waals surface area (Å²) in [4.78, 5) is 31.1. The average Bonchev–Trinajstić information content (AvgIpc) is 2.56. The Labute approximate surface area is 125 Å². The fourth-order valence-electron chi connectivity index (χ4n) is 1.59. The molecule has 0 spiro atoms. The first-order valence-corrected chi connectivity index (χ1v) is 6.36. The normalized spacial score (nSPS) is 13.0. The zero-order valence-corrected chi connectivity index (χ0v) is 11.4. The van der Waals surface area contributed by atoms with Crippen molar-refractivity contribution < 1.29 is 19.8 Å². The van der Waals surface area contributed by atoms with E-state index in [0.717, 1.165) is 0 Å². The van der Waals surface area contributed by atoms with E-state index in [9.17, 15) is 19.8 Å². The Kier molecular flexibility index (Phi) is 5.12. The van der Waals surface area contributed by atoms with Gasteiger partial charge in [-0.1, -0.05) is 0 Å². The molecule has 8 heteroatoms. The van der Waals surface area contributed by atoms with Crippen molar-refractivity contribution in [1.82, 2.24) is 20.6 Å². The molecule has 2 aromatic rings. The number of aromatic nitrogens is 2. The highest BCUT2D eigenvalue weighted by molar-refractivity contribution is 5.95. The largest absolute Gasteiger partial charge is 0.369 e. The lowest BCUT2D eigenvalue weighted by molar-refractivity contribution is -0.0149. The van der Waals surface area contributed by atoms with E-state index in [2.05, 4.69) is 20.6 Å². The Bertz CT molecular complexity index is 578. The van der Waals surface area contributed by atoms with Gasteiger partial charge in [-0.2, -0.15) is 0 Å². The third-order valence-electron chi connectivity index (χ3n) is 2.70. The number of hydrogen-bond donors (Lipinski definition) is 4. The fourth-order valence-corrected chi connectivity index (χ4v) is 1.59. The molecule has 0 aromatic carbocycles. The van der Waals surface area contributed by atoms with Gasteiger partial charge in [0.1, 0.15) is 0 Å². The van der Waals surface area contributed by atoms with Crippen LogP contribution >= 0.6 is 0 Å². The molecule has 2 unspecified atom stereocenters. The summed E-state index contributed by atoms with van der Waals surface area (Å²) in [5.41, 5.74) is 0.430. The summed E-state index contributed by atoms with van der Waals surface area (Å²) >= 11 is 0. The first-order chi connectivity index (χ1) is 10.6. The topological polar surface area (TPSA) is 124 Å². The van der Waals surface area contributed by atoms with Crippen molar-refractivity contribution in [3.05, 3.63) is 60.2 Å². The van der Waals surface area contributed by atoms with E-state index in [1.54, 1.807) is 12.1 Å². The highest BCUT2D eigenvalue weighted by atomic mass is 16.4. The molecular weight excluding hydrogens is 288 g/mol. The summed E-state index contributed by atoms with van der Waals surface area (Å²) in [5.74, 6) is -1.26. The smallest absolute Gasteiger partial charge is 0.254 e. The van der Waals surface area contributed by atoms with Gasteiger partial charge in [0.2, 0.25) is 0 Å². The van der Waals surface area contributed by atoms with Crippen LogP contribution in [0.4, 0.5) is 0 Å². The second kappa shape index (κ2) is 7.25. The highest BCUT2D eigenvalue weighted by Crippen LogP contribution is 1.99. The van der Waals surface area contributed by atoms with Crippen LogP contribution in [0.1, 0.15) is 20.7 Å². The van der Waals surface area contributed by atoms with Gasteiger partial charge in [-0.3, -0.25) is 19.6 Å². The zero-order valence-electron chi connectivity index (χ0n) is 11.4. The second-order valence-corrected chi connectivity index (χ2v) is 4.32. The molecule has 2 aromatic heterocycles. The summed E-state index contributed by atoms with van der Waals surface area (Å²) in [7, 11) is 0. The quantitative estimate of drug-likeness (QED) is 0.540. The van der Waals surface area contributed by atoms with E-state index in [-0.39, 0.29) is 11.1 Å². The van der Waals surface area contributed by atoms with E-state index >= 15 is 0 Å². The predicted octanol–water partition coefficient (Wildman–Crippen LogP) is -0.727. The van der Waals surface area contributed by atoms with Crippen LogP contribution in [0.3, 0.4) is 0 Å². The Hall–Kier alpha value is -2.84. The summed E-state index contributed by atoms with van der Waals surface area (Å²) in [6.07, 6.45) is 2.26. The minimum Gasteiger partial charge on any atom is -0.369 e. The third-order valence-corrected chi connectivity index (χ3v) is 2.70. The van der Waals surface area contributed by atoms with Gasteiger partial charge in [0.25, 0.3) is 11.8 Å². The molecule has 2 heterocycles. The molecule has 0 saturated carbocycles. The maximum Gasteiger partial charge on any atom is 0.254 e. The summed E-state index contributed by atoms with van der Waals surface area (Å²) in [6, 6.07) is 6.11. The maximum absolute atomic E-state index is 11.8. The molecule has 22 heavy (non-hydrogen) atoms. The molecule has 2 rings (SSSR count). The Balaban J connectivity index is 1.91. The van der Waals surface area contributed by atoms with Crippen molar-refractivity contribution in [3.63, 3.8) is 0 Å². The number of aliphatic hydroxyl groups is 2. The van der Waals surface area contributed by atoms with E-state index < -0.39 is 24.3 Å². The van der Waals surface area contributed by atoms with Crippen LogP contribution in [0.25, 0.3) is 0 Å². The summed E-state index contributed by atoms with van der Waals surface area (Å²) < 4.78 is 0. The Morgan fingerprint density at radius 2 is 1.27 bits per heavy atom. The van der Waals surface area contributed by atoms with Crippen molar-refractivity contribution >= 4 is 11.8 Å². The molecule has 0 aliphatic rings. The molecular formula is C14H14N4O4. The fraction of sp³-hybridized carbons (Fsp3) is 0.143. The van der Waals surface area contributed by atoms with E-state index in [1.165, 1.54) is 36.9 Å². The average molecular weight is 302 g/mol. The lowest BCUT2D eigenvalue weighted by atomic mass is 10.2. The van der Waals surface area contributed by atoms with Gasteiger partial charge < -0.3 is 20.8 Å². The van der Waals surface area contributed by atoms with Crippen LogP contribution in [0.15, 0.2) is 49.1 Å². The van der Waals surface area contributed by atoms with Gasteiger partial charge in [0, 0.05) is 24.8 Å². The molecule has 0 saturated heterocycles. The van der Waals surface area contributed by atoms with E-state index in [1.807, 2.05) is 0 Å². The first-order valence-electron chi connectivity index (χ1n) is 6.36. The van der Waals surface area contributed by atoms with Gasteiger partial charge in [-0.25, -0.2) is 0 Å². The Morgan fingerprint density at radius 1 is 0.864 bits per heavy atom. The monoisotopic (exact) mass is 302 g/mol. The molecule has 0 fully saturated rings. The van der Waals surface area contributed by atoms with Crippen molar-refractivity contribution in [1.29, 1.82) is 0 Å². The van der Waals surface area contributed by atoms with E-state index in [4.69, 9.17) is 0 Å². The number of nitrogens with one attached hydrogen (secondary N) is 2. The molecule has 8 nitrogen and oxygen atoms in total. The van der Waals surface area contributed by atoms with Crippen molar-refractivity contribution in [2.45, 2.75) is 12.5 Å². The maximum atomic E-state index is 11.8. The molecule has 0 bridgehead atoms. The molecule has 2 amide bonds. The number of carbonyl (C=O) groups is 2. The van der Waals surface area contributed by atoms with Crippen molar-refractivity contribution in [2.75, 3.05) is 0 Å². The predicted molar refractivity (Wildman–Crippen MR) is 75.4 cm³/mol. The minimum atomic E-state index is -1.67. The minimum absolute atomic E-state index is 0.215. The third kappa shape index (κ3) is 4.08. The van der Waals surface area contributed by atoms with E-state index in [0.29, 0.717) is 0 Å². The number of aliphatic hydroxyl groups excluding tert-OH is 2. The van der Waals surface area contributed by atoms with Gasteiger partial charge in [-0.05, 0) is 24.3 Å². The van der Waals surface area contributed by atoms with Crippen LogP contribution < -0.4 is 10.6 Å². The highest BCUT2D eigenvalue weighted by Gasteiger charge is 2.21. The lowest BCUT2D eigenvalue weighted by Gasteiger charge is -2.20. The Morgan fingerprint density at radius 3 is 1.59 bits per heavy atom. The van der Waals surface area contributed by atoms with Crippen LogP contribution in [0.2, 0.25) is 0 Å². The molecule has 0 radical (unpaired) electrons. The molecule has 4 N–H and O–H groups in total. The molecule has 2 atom stereocenters. The van der Waals surface area contributed by atoms with Crippen molar-refractivity contribution in [2.24, 2.45) is 0 Å². The number of hydrogen-bond acceptors (Lipinski definition) is 6. The SMILES string of the molecule is O=C(NC(O)C(O)NC(=O)c1cccnc1)c1cccnc1. The van der Waals surface area contributed by atoms with Crippen LogP contribution in [-0.4, -0.2) is 44.5 Å². The number of carbonyl (C=O) groups excluding carboxylic acids is 2. The molecule has 114 valence electrons. The van der Waals surface area contributed by atoms with Crippen molar-refractivity contribution in [3.8, 4) is 0 Å². The van der Waals surface area contributed by atoms with Crippen LogP contribution in [0, 0.1) is 0 Å². The van der Waals surface area contributed by atoms with Crippen LogP contribution in [-0.2, 0) is 0 Å². The van der Waals surface area contributed by atoms with Gasteiger partial charge in [0.15, 0.2) is 12.5 Å².